The second-order valence-corrected chi connectivity index (χ2v) is 3.18. The van der Waals surface area contributed by atoms with Gasteiger partial charge in [-0.05, 0) is 6.07 Å². The summed E-state index contributed by atoms with van der Waals surface area (Å²) in [6, 6.07) is 4.19. The van der Waals surface area contributed by atoms with Gasteiger partial charge in [-0.25, -0.2) is 0 Å². The molecule has 0 saturated heterocycles. The van der Waals surface area contributed by atoms with Crippen LogP contribution in [0.3, 0.4) is 0 Å². The zero-order valence-corrected chi connectivity index (χ0v) is 7.40. The first-order chi connectivity index (χ1) is 6.38. The zero-order valence-electron chi connectivity index (χ0n) is 6.58. The Labute approximate surface area is 78.5 Å². The highest BCUT2D eigenvalue weighted by atomic mass is 32.3. The molecule has 0 radical (unpaired) electrons. The molecule has 0 aliphatic heterocycles. The summed E-state index contributed by atoms with van der Waals surface area (Å²) >= 11 is 0. The first kappa shape index (κ1) is 10.4. The molecule has 0 aromatic heterocycles. The van der Waals surface area contributed by atoms with Crippen molar-refractivity contribution in [1.82, 2.24) is 0 Å². The Hall–Kier alpha value is -1.70. The summed E-state index contributed by atoms with van der Waals surface area (Å²) in [5.74, 6) is -0.443. The Balaban J connectivity index is 3.01. The molecule has 14 heavy (non-hydrogen) atoms. The van der Waals surface area contributed by atoms with E-state index < -0.39 is 21.2 Å². The van der Waals surface area contributed by atoms with Gasteiger partial charge in [0.05, 0.1) is 11.0 Å². The van der Waals surface area contributed by atoms with Gasteiger partial charge in [0.1, 0.15) is 0 Å². The predicted octanol–water partition coefficient (Wildman–Crippen LogP) is 1.19. The van der Waals surface area contributed by atoms with Crippen LogP contribution < -0.4 is 4.18 Å². The molecule has 0 aliphatic carbocycles. The lowest BCUT2D eigenvalue weighted by Gasteiger charge is -1.98. The van der Waals surface area contributed by atoms with Gasteiger partial charge >= 0.3 is 10.5 Å². The smallest absolute Gasteiger partial charge is 0.358 e. The molecular formula is C6H4FNO5S. The van der Waals surface area contributed by atoms with E-state index in [9.17, 15) is 22.4 Å². The van der Waals surface area contributed by atoms with E-state index in [2.05, 4.69) is 4.18 Å². The molecular weight excluding hydrogens is 217 g/mol. The molecule has 0 fully saturated rings. The average molecular weight is 221 g/mol. The molecule has 1 aromatic rings. The van der Waals surface area contributed by atoms with Crippen LogP contribution in [0.2, 0.25) is 0 Å². The van der Waals surface area contributed by atoms with Gasteiger partial charge in [-0.15, -0.1) is 0 Å². The van der Waals surface area contributed by atoms with Crippen LogP contribution in [0.1, 0.15) is 0 Å². The number of hydrogen-bond donors (Lipinski definition) is 0. The molecule has 8 heteroatoms. The van der Waals surface area contributed by atoms with Gasteiger partial charge in [-0.2, -0.15) is 8.42 Å². The third-order valence-electron chi connectivity index (χ3n) is 1.22. The fourth-order valence-corrected chi connectivity index (χ4v) is 1.10. The van der Waals surface area contributed by atoms with Crippen LogP contribution in [0, 0.1) is 10.1 Å². The number of halogens is 1. The van der Waals surface area contributed by atoms with E-state index in [1.807, 2.05) is 0 Å². The van der Waals surface area contributed by atoms with Crippen molar-refractivity contribution in [3.8, 4) is 5.75 Å². The number of nitrogens with zero attached hydrogens (tertiary/aromatic N) is 1. The van der Waals surface area contributed by atoms with Crippen molar-refractivity contribution in [2.45, 2.75) is 0 Å². The molecule has 0 unspecified atom stereocenters. The molecule has 0 bridgehead atoms. The molecule has 0 atom stereocenters. The number of non-ortho nitro benzene ring substituents is 1. The monoisotopic (exact) mass is 221 g/mol. The maximum absolute atomic E-state index is 12.0. The second kappa shape index (κ2) is 3.58. The standard InChI is InChI=1S/C6H4FNO5S/c7-14(11,12)13-6-3-1-2-5(4-6)8(9)10/h1-4H. The minimum atomic E-state index is -5.14. The molecule has 6 nitrogen and oxygen atoms in total. The summed E-state index contributed by atoms with van der Waals surface area (Å²) in [6.45, 7) is 0. The number of nitro benzene ring substituents is 1. The van der Waals surface area contributed by atoms with Gasteiger partial charge in [0.25, 0.3) is 5.69 Å². The minimum Gasteiger partial charge on any atom is -0.358 e. The summed E-state index contributed by atoms with van der Waals surface area (Å²) in [5.41, 5.74) is -0.383. The van der Waals surface area contributed by atoms with E-state index in [4.69, 9.17) is 0 Å². The Morgan fingerprint density at radius 1 is 1.43 bits per heavy atom. The van der Waals surface area contributed by atoms with Gasteiger partial charge in [0, 0.05) is 6.07 Å². The lowest BCUT2D eigenvalue weighted by molar-refractivity contribution is -0.384. The van der Waals surface area contributed by atoms with Crippen molar-refractivity contribution in [3.63, 3.8) is 0 Å². The normalized spacial score (nSPS) is 10.9. The molecule has 0 saturated carbocycles. The lowest BCUT2D eigenvalue weighted by atomic mass is 10.3. The Morgan fingerprint density at radius 2 is 2.07 bits per heavy atom. The van der Waals surface area contributed by atoms with Crippen LogP contribution in [0.4, 0.5) is 9.57 Å². The first-order valence-electron chi connectivity index (χ1n) is 3.27. The number of rotatable bonds is 3. The molecule has 1 aromatic carbocycles. The highest BCUT2D eigenvalue weighted by Gasteiger charge is 2.12. The quantitative estimate of drug-likeness (QED) is 0.434. The van der Waals surface area contributed by atoms with Crippen LogP contribution in [0.5, 0.6) is 5.75 Å². The van der Waals surface area contributed by atoms with Crippen molar-refractivity contribution < 1.29 is 21.4 Å². The van der Waals surface area contributed by atoms with Crippen LogP contribution >= 0.6 is 0 Å². The van der Waals surface area contributed by atoms with Gasteiger partial charge in [-0.3, -0.25) is 10.1 Å². The molecule has 0 N–H and O–H groups in total. The van der Waals surface area contributed by atoms with Crippen LogP contribution in [0.15, 0.2) is 24.3 Å². The third kappa shape index (κ3) is 2.98. The van der Waals surface area contributed by atoms with Crippen molar-refractivity contribution in [2.24, 2.45) is 0 Å². The Kier molecular flexibility index (Phi) is 2.65. The van der Waals surface area contributed by atoms with Crippen LogP contribution in [-0.4, -0.2) is 13.3 Å². The Morgan fingerprint density at radius 3 is 2.57 bits per heavy atom. The van der Waals surface area contributed by atoms with E-state index in [1.165, 1.54) is 6.07 Å². The molecule has 76 valence electrons. The summed E-state index contributed by atoms with van der Waals surface area (Å²) in [4.78, 5) is 9.47. The number of hydrogen-bond acceptors (Lipinski definition) is 5. The third-order valence-corrected chi connectivity index (χ3v) is 1.62. The molecule has 0 heterocycles. The lowest BCUT2D eigenvalue weighted by Crippen LogP contribution is -2.01. The van der Waals surface area contributed by atoms with Crippen molar-refractivity contribution in [3.05, 3.63) is 34.4 Å². The summed E-state index contributed by atoms with van der Waals surface area (Å²) in [5, 5.41) is 10.2. The fourth-order valence-electron chi connectivity index (χ4n) is 0.764. The highest BCUT2D eigenvalue weighted by molar-refractivity contribution is 7.81. The predicted molar refractivity (Wildman–Crippen MR) is 43.8 cm³/mol. The van der Waals surface area contributed by atoms with Gasteiger partial charge in [0.2, 0.25) is 0 Å². The minimum absolute atomic E-state index is 0.383. The molecule has 0 aliphatic rings. The van der Waals surface area contributed by atoms with E-state index in [-0.39, 0.29) is 5.69 Å². The first-order valence-corrected chi connectivity index (χ1v) is 4.58. The highest BCUT2D eigenvalue weighted by Crippen LogP contribution is 2.20. The van der Waals surface area contributed by atoms with Crippen molar-refractivity contribution in [1.29, 1.82) is 0 Å². The average Bonchev–Trinajstić information content (AvgIpc) is 2.01. The van der Waals surface area contributed by atoms with E-state index in [0.717, 1.165) is 18.2 Å². The maximum Gasteiger partial charge on any atom is 0.488 e. The van der Waals surface area contributed by atoms with Crippen LogP contribution in [0.25, 0.3) is 0 Å². The van der Waals surface area contributed by atoms with E-state index in [1.54, 1.807) is 0 Å². The zero-order chi connectivity index (χ0) is 10.8. The van der Waals surface area contributed by atoms with Crippen molar-refractivity contribution in [2.75, 3.05) is 0 Å². The summed E-state index contributed by atoms with van der Waals surface area (Å²) in [6.07, 6.45) is 0. The van der Waals surface area contributed by atoms with Gasteiger partial charge in [-0.1, -0.05) is 9.95 Å². The molecule has 0 amide bonds. The van der Waals surface area contributed by atoms with Gasteiger partial charge < -0.3 is 4.18 Å². The SMILES string of the molecule is O=[N+]([O-])c1cccc(OS(=O)(=O)F)c1. The second-order valence-electron chi connectivity index (χ2n) is 2.23. The Bertz CT molecular complexity index is 457. The van der Waals surface area contributed by atoms with E-state index in [0.29, 0.717) is 0 Å². The number of nitro groups is 1. The summed E-state index contributed by atoms with van der Waals surface area (Å²) in [7, 11) is -5.14. The van der Waals surface area contributed by atoms with E-state index >= 15 is 0 Å². The molecule has 0 spiro atoms. The fraction of sp³-hybridized carbons (Fsp3) is 0. The summed E-state index contributed by atoms with van der Waals surface area (Å²) < 4.78 is 35.8. The largest absolute Gasteiger partial charge is 0.488 e. The number of benzene rings is 1. The molecule has 1 rings (SSSR count). The van der Waals surface area contributed by atoms with Gasteiger partial charge in [0.15, 0.2) is 5.75 Å². The maximum atomic E-state index is 12.0. The van der Waals surface area contributed by atoms with Crippen molar-refractivity contribution >= 4 is 16.2 Å². The topological polar surface area (TPSA) is 86.5 Å². The van der Waals surface area contributed by atoms with Crippen LogP contribution in [-0.2, 0) is 10.5 Å².